The van der Waals surface area contributed by atoms with Crippen LogP contribution >= 0.6 is 0 Å². The minimum Gasteiger partial charge on any atom is -0.346 e. The molecule has 0 aliphatic carbocycles. The number of para-hydroxylation sites is 1. The molecule has 0 atom stereocenters. The predicted molar refractivity (Wildman–Crippen MR) is 86.2 cm³/mol. The number of anilines is 1. The van der Waals surface area contributed by atoms with E-state index >= 15 is 0 Å². The van der Waals surface area contributed by atoms with Crippen LogP contribution in [0.1, 0.15) is 25.3 Å². The van der Waals surface area contributed by atoms with E-state index in [1.165, 1.54) is 5.56 Å². The number of hydrogen-bond donors (Lipinski definition) is 0. The summed E-state index contributed by atoms with van der Waals surface area (Å²) in [6, 6.07) is 10.3. The van der Waals surface area contributed by atoms with Crippen LogP contribution in [0.4, 0.5) is 5.69 Å². The van der Waals surface area contributed by atoms with E-state index in [0.29, 0.717) is 5.92 Å². The topological polar surface area (TPSA) is 47.3 Å². The van der Waals surface area contributed by atoms with Crippen molar-refractivity contribution >= 4 is 11.6 Å². The molecule has 1 fully saturated rings. The lowest BCUT2D eigenvalue weighted by Crippen LogP contribution is -2.39. The van der Waals surface area contributed by atoms with Crippen molar-refractivity contribution in [3.05, 3.63) is 41.6 Å². The number of likely N-dealkylation sites (tertiary alicyclic amines) is 1. The molecule has 4 nitrogen and oxygen atoms in total. The largest absolute Gasteiger partial charge is 0.346 e. The molecule has 0 saturated carbocycles. The maximum atomic E-state index is 12.5. The van der Waals surface area contributed by atoms with Crippen LogP contribution in [0.15, 0.2) is 36.0 Å². The number of benzene rings is 1. The number of carbonyl (C=O) groups excluding carboxylic acids is 1. The van der Waals surface area contributed by atoms with E-state index in [1.54, 1.807) is 6.20 Å². The Bertz CT molecular complexity index is 636. The first-order valence-electron chi connectivity index (χ1n) is 7.95. The Balaban J connectivity index is 1.77. The normalized spacial score (nSPS) is 19.0. The molecule has 0 aromatic heterocycles. The van der Waals surface area contributed by atoms with Crippen molar-refractivity contribution in [3.8, 4) is 6.07 Å². The molecule has 3 rings (SSSR count). The van der Waals surface area contributed by atoms with Gasteiger partial charge in [0.15, 0.2) is 0 Å². The third-order valence-electron chi connectivity index (χ3n) is 4.63. The van der Waals surface area contributed by atoms with Crippen LogP contribution in [0.5, 0.6) is 0 Å². The molecule has 2 heterocycles. The summed E-state index contributed by atoms with van der Waals surface area (Å²) in [6.07, 6.45) is 4.74. The van der Waals surface area contributed by atoms with E-state index in [-0.39, 0.29) is 11.5 Å². The van der Waals surface area contributed by atoms with Gasteiger partial charge in [-0.15, -0.1) is 0 Å². The molecule has 114 valence electrons. The molecule has 2 aliphatic heterocycles. The molecule has 0 radical (unpaired) electrons. The fourth-order valence-electron chi connectivity index (χ4n) is 3.17. The first-order chi connectivity index (χ1) is 10.7. The lowest BCUT2D eigenvalue weighted by Gasteiger charge is -2.30. The molecule has 22 heavy (non-hydrogen) atoms. The number of nitrogens with zero attached hydrogens (tertiary/aromatic N) is 3. The van der Waals surface area contributed by atoms with Crippen LogP contribution in [-0.4, -0.2) is 30.4 Å². The van der Waals surface area contributed by atoms with Gasteiger partial charge < -0.3 is 9.80 Å². The van der Waals surface area contributed by atoms with E-state index < -0.39 is 0 Å². The van der Waals surface area contributed by atoms with Crippen LogP contribution in [0.2, 0.25) is 0 Å². The lowest BCUT2D eigenvalue weighted by molar-refractivity contribution is -0.128. The van der Waals surface area contributed by atoms with Crippen molar-refractivity contribution in [1.82, 2.24) is 4.90 Å². The monoisotopic (exact) mass is 295 g/mol. The van der Waals surface area contributed by atoms with E-state index in [4.69, 9.17) is 0 Å². The lowest BCUT2D eigenvalue weighted by atomic mass is 9.99. The Kier molecular flexibility index (Phi) is 4.15. The molecule has 0 spiro atoms. The molecule has 0 bridgehead atoms. The number of nitriles is 1. The molecule has 2 aliphatic rings. The van der Waals surface area contributed by atoms with Crippen LogP contribution in [0.3, 0.4) is 0 Å². The highest BCUT2D eigenvalue weighted by Gasteiger charge is 2.25. The summed E-state index contributed by atoms with van der Waals surface area (Å²) in [5.41, 5.74) is 2.62. The van der Waals surface area contributed by atoms with Crippen LogP contribution in [0.25, 0.3) is 0 Å². The van der Waals surface area contributed by atoms with E-state index in [1.807, 2.05) is 28.0 Å². The first kappa shape index (κ1) is 14.6. The van der Waals surface area contributed by atoms with Crippen LogP contribution in [-0.2, 0) is 11.2 Å². The van der Waals surface area contributed by atoms with Crippen molar-refractivity contribution in [2.75, 3.05) is 24.5 Å². The number of piperidine rings is 1. The van der Waals surface area contributed by atoms with Crippen LogP contribution in [0, 0.1) is 17.2 Å². The molecular formula is C18H21N3O. The number of fused-ring (bicyclic) bond motifs is 1. The molecule has 0 N–H and O–H groups in total. The van der Waals surface area contributed by atoms with Crippen molar-refractivity contribution in [2.45, 2.75) is 26.2 Å². The molecule has 4 heteroatoms. The van der Waals surface area contributed by atoms with Crippen molar-refractivity contribution < 1.29 is 4.79 Å². The Hall–Kier alpha value is -2.28. The molecule has 1 amide bonds. The third kappa shape index (κ3) is 2.85. The van der Waals surface area contributed by atoms with E-state index in [0.717, 1.165) is 44.6 Å². The SMILES string of the molecule is CC1CCN(C(=O)/C(C#N)=C\N2CCc3ccccc32)CC1. The average Bonchev–Trinajstić information content (AvgIpc) is 2.96. The summed E-state index contributed by atoms with van der Waals surface area (Å²) in [5, 5.41) is 9.39. The molecule has 0 unspecified atom stereocenters. The summed E-state index contributed by atoms with van der Waals surface area (Å²) in [4.78, 5) is 16.4. The van der Waals surface area contributed by atoms with E-state index in [9.17, 15) is 10.1 Å². The minimum absolute atomic E-state index is 0.126. The van der Waals surface area contributed by atoms with Gasteiger partial charge in [0.05, 0.1) is 0 Å². The highest BCUT2D eigenvalue weighted by atomic mass is 16.2. The molecular weight excluding hydrogens is 274 g/mol. The fraction of sp³-hybridized carbons (Fsp3) is 0.444. The predicted octanol–water partition coefficient (Wildman–Crippen LogP) is 2.72. The number of rotatable bonds is 2. The maximum absolute atomic E-state index is 12.5. The zero-order valence-electron chi connectivity index (χ0n) is 13.0. The van der Waals surface area contributed by atoms with Gasteiger partial charge in [0, 0.05) is 31.5 Å². The zero-order valence-corrected chi connectivity index (χ0v) is 13.0. The van der Waals surface area contributed by atoms with Gasteiger partial charge in [0.25, 0.3) is 5.91 Å². The number of amides is 1. The molecule has 1 saturated heterocycles. The Labute approximate surface area is 131 Å². The van der Waals surface area contributed by atoms with Crippen molar-refractivity contribution in [1.29, 1.82) is 5.26 Å². The molecule has 1 aromatic carbocycles. The Morgan fingerprint density at radius 3 is 2.73 bits per heavy atom. The summed E-state index contributed by atoms with van der Waals surface area (Å²) in [7, 11) is 0. The van der Waals surface area contributed by atoms with Gasteiger partial charge in [0.2, 0.25) is 0 Å². The van der Waals surface area contributed by atoms with Gasteiger partial charge >= 0.3 is 0 Å². The third-order valence-corrected chi connectivity index (χ3v) is 4.63. The quantitative estimate of drug-likeness (QED) is 0.622. The van der Waals surface area contributed by atoms with Crippen LogP contribution < -0.4 is 4.90 Å². The standard InChI is InChI=1S/C18H21N3O/c1-14-6-9-20(10-7-14)18(22)16(12-19)13-21-11-8-15-4-2-3-5-17(15)21/h2-5,13-14H,6-11H2,1H3/b16-13-. The number of hydrogen-bond acceptors (Lipinski definition) is 3. The second-order valence-electron chi connectivity index (χ2n) is 6.20. The average molecular weight is 295 g/mol. The first-order valence-corrected chi connectivity index (χ1v) is 7.95. The highest BCUT2D eigenvalue weighted by Crippen LogP contribution is 2.28. The highest BCUT2D eigenvalue weighted by molar-refractivity contribution is 5.97. The smallest absolute Gasteiger partial charge is 0.266 e. The fourth-order valence-corrected chi connectivity index (χ4v) is 3.17. The van der Waals surface area contributed by atoms with Gasteiger partial charge in [-0.3, -0.25) is 4.79 Å². The number of carbonyl (C=O) groups is 1. The Morgan fingerprint density at radius 2 is 2.00 bits per heavy atom. The summed E-state index contributed by atoms with van der Waals surface area (Å²) in [6.45, 7) is 4.56. The summed E-state index contributed by atoms with van der Waals surface area (Å²) < 4.78 is 0. The van der Waals surface area contributed by atoms with Gasteiger partial charge in [0.1, 0.15) is 11.6 Å². The minimum atomic E-state index is -0.126. The van der Waals surface area contributed by atoms with Gasteiger partial charge in [-0.2, -0.15) is 5.26 Å². The Morgan fingerprint density at radius 1 is 1.27 bits per heavy atom. The second-order valence-corrected chi connectivity index (χ2v) is 6.20. The van der Waals surface area contributed by atoms with Gasteiger partial charge in [-0.1, -0.05) is 25.1 Å². The second kappa shape index (κ2) is 6.23. The van der Waals surface area contributed by atoms with Crippen molar-refractivity contribution in [3.63, 3.8) is 0 Å². The summed E-state index contributed by atoms with van der Waals surface area (Å²) >= 11 is 0. The van der Waals surface area contributed by atoms with Gasteiger partial charge in [-0.25, -0.2) is 0 Å². The summed E-state index contributed by atoms with van der Waals surface area (Å²) in [5.74, 6) is 0.544. The van der Waals surface area contributed by atoms with Crippen molar-refractivity contribution in [2.24, 2.45) is 5.92 Å². The zero-order chi connectivity index (χ0) is 15.5. The maximum Gasteiger partial charge on any atom is 0.266 e. The van der Waals surface area contributed by atoms with E-state index in [2.05, 4.69) is 19.1 Å². The molecule has 1 aromatic rings. The van der Waals surface area contributed by atoms with Gasteiger partial charge in [-0.05, 0) is 36.8 Å².